The summed E-state index contributed by atoms with van der Waals surface area (Å²) in [5.74, 6) is -1.12. The van der Waals surface area contributed by atoms with E-state index in [2.05, 4.69) is 38.0 Å². The van der Waals surface area contributed by atoms with Gasteiger partial charge in [-0.3, -0.25) is 14.3 Å². The zero-order valence-electron chi connectivity index (χ0n) is 17.5. The van der Waals surface area contributed by atoms with Crippen molar-refractivity contribution >= 4 is 73.0 Å². The van der Waals surface area contributed by atoms with Crippen LogP contribution in [0.5, 0.6) is 0 Å². The lowest BCUT2D eigenvalue weighted by atomic mass is 10.1. The average Bonchev–Trinajstić information content (AvgIpc) is 3.43. The molecule has 0 atom stereocenters. The molecule has 0 aliphatic heterocycles. The van der Waals surface area contributed by atoms with Crippen molar-refractivity contribution in [1.29, 1.82) is 0 Å². The van der Waals surface area contributed by atoms with E-state index in [0.29, 0.717) is 17.5 Å². The van der Waals surface area contributed by atoms with Crippen LogP contribution in [0.3, 0.4) is 0 Å². The molecule has 3 N–H and O–H groups in total. The highest BCUT2D eigenvalue weighted by molar-refractivity contribution is 14.1. The SMILES string of the molecule is Cc1ccc(-c2cc(C(F)F)nc3sc(C(N)=O)c(NC(=O)CCn4cc(I)c(C)n4)c23)s1. The summed E-state index contributed by atoms with van der Waals surface area (Å²) in [5.41, 5.74) is 6.71. The second kappa shape index (κ2) is 9.43. The van der Waals surface area contributed by atoms with E-state index in [1.54, 1.807) is 4.68 Å². The summed E-state index contributed by atoms with van der Waals surface area (Å²) in [6, 6.07) is 5.00. The summed E-state index contributed by atoms with van der Waals surface area (Å²) in [6.07, 6.45) is -0.847. The number of nitrogens with one attached hydrogen (secondary N) is 1. The van der Waals surface area contributed by atoms with E-state index in [9.17, 15) is 18.4 Å². The average molecular weight is 601 g/mol. The lowest BCUT2D eigenvalue weighted by molar-refractivity contribution is -0.116. The first-order chi connectivity index (χ1) is 15.6. The Labute approximate surface area is 209 Å². The van der Waals surface area contributed by atoms with Gasteiger partial charge in [0.15, 0.2) is 0 Å². The molecule has 0 radical (unpaired) electrons. The number of hydrogen-bond acceptors (Lipinski definition) is 6. The number of rotatable bonds is 7. The van der Waals surface area contributed by atoms with Gasteiger partial charge in [-0.25, -0.2) is 13.8 Å². The summed E-state index contributed by atoms with van der Waals surface area (Å²) in [5, 5.41) is 7.54. The molecule has 4 aromatic rings. The number of carbonyl (C=O) groups is 2. The van der Waals surface area contributed by atoms with Crippen LogP contribution in [0.15, 0.2) is 24.4 Å². The number of nitrogens with two attached hydrogens (primary N) is 1. The monoisotopic (exact) mass is 601 g/mol. The van der Waals surface area contributed by atoms with Crippen molar-refractivity contribution in [2.24, 2.45) is 5.73 Å². The Morgan fingerprint density at radius 2 is 2.03 bits per heavy atom. The number of alkyl halides is 2. The number of carbonyl (C=O) groups excluding carboxylic acids is 2. The summed E-state index contributed by atoms with van der Waals surface area (Å²) in [6.45, 7) is 4.13. The number of aryl methyl sites for hydroxylation is 3. The van der Waals surface area contributed by atoms with Gasteiger partial charge in [0.05, 0.1) is 15.0 Å². The van der Waals surface area contributed by atoms with Crippen LogP contribution in [-0.2, 0) is 11.3 Å². The number of halogens is 3. The van der Waals surface area contributed by atoms with Crippen LogP contribution >= 0.6 is 45.3 Å². The zero-order chi connectivity index (χ0) is 23.9. The van der Waals surface area contributed by atoms with Crippen LogP contribution in [0.4, 0.5) is 14.5 Å². The second-order valence-corrected chi connectivity index (χ2v) is 10.7. The van der Waals surface area contributed by atoms with Gasteiger partial charge < -0.3 is 11.1 Å². The normalized spacial score (nSPS) is 11.5. The van der Waals surface area contributed by atoms with Gasteiger partial charge in [-0.05, 0) is 54.6 Å². The molecule has 0 saturated heterocycles. The third-order valence-electron chi connectivity index (χ3n) is 4.85. The van der Waals surface area contributed by atoms with Gasteiger partial charge in [-0.1, -0.05) is 0 Å². The van der Waals surface area contributed by atoms with Gasteiger partial charge in [0, 0.05) is 39.9 Å². The number of amides is 2. The van der Waals surface area contributed by atoms with Crippen molar-refractivity contribution in [2.75, 3.05) is 5.32 Å². The Balaban J connectivity index is 1.76. The van der Waals surface area contributed by atoms with E-state index in [1.165, 1.54) is 17.4 Å². The van der Waals surface area contributed by atoms with E-state index >= 15 is 0 Å². The Morgan fingerprint density at radius 3 is 2.61 bits per heavy atom. The quantitative estimate of drug-likeness (QED) is 0.273. The van der Waals surface area contributed by atoms with Crippen LogP contribution < -0.4 is 11.1 Å². The summed E-state index contributed by atoms with van der Waals surface area (Å²) >= 11 is 4.48. The molecule has 172 valence electrons. The Kier molecular flexibility index (Phi) is 6.77. The van der Waals surface area contributed by atoms with Crippen LogP contribution in [0.25, 0.3) is 20.7 Å². The smallest absolute Gasteiger partial charge is 0.280 e. The largest absolute Gasteiger partial charge is 0.365 e. The van der Waals surface area contributed by atoms with Crippen LogP contribution in [0.2, 0.25) is 0 Å². The molecular weight excluding hydrogens is 583 g/mol. The molecule has 0 aliphatic carbocycles. The van der Waals surface area contributed by atoms with Crippen LogP contribution in [0, 0.1) is 17.4 Å². The molecule has 0 aromatic carbocycles. The lowest BCUT2D eigenvalue weighted by Crippen LogP contribution is -2.18. The fraction of sp³-hybridized carbons (Fsp3) is 0.238. The molecular formula is C21H18F2IN5O2S2. The van der Waals surface area contributed by atoms with Gasteiger partial charge in [-0.2, -0.15) is 5.10 Å². The van der Waals surface area contributed by atoms with Gasteiger partial charge in [0.2, 0.25) is 5.91 Å². The lowest BCUT2D eigenvalue weighted by Gasteiger charge is -2.10. The van der Waals surface area contributed by atoms with E-state index in [1.807, 2.05) is 32.2 Å². The molecule has 0 bridgehead atoms. The van der Waals surface area contributed by atoms with Gasteiger partial charge in [-0.15, -0.1) is 22.7 Å². The summed E-state index contributed by atoms with van der Waals surface area (Å²) in [7, 11) is 0. The highest BCUT2D eigenvalue weighted by atomic mass is 127. The highest BCUT2D eigenvalue weighted by Gasteiger charge is 2.25. The molecule has 4 rings (SSSR count). The summed E-state index contributed by atoms with van der Waals surface area (Å²) in [4.78, 5) is 31.0. The van der Waals surface area contributed by atoms with Crippen molar-refractivity contribution in [3.05, 3.63) is 49.1 Å². The number of fused-ring (bicyclic) bond motifs is 1. The number of thiophene rings is 2. The van der Waals surface area contributed by atoms with Crippen molar-refractivity contribution in [3.8, 4) is 10.4 Å². The van der Waals surface area contributed by atoms with Crippen molar-refractivity contribution < 1.29 is 18.4 Å². The van der Waals surface area contributed by atoms with Crippen molar-refractivity contribution in [2.45, 2.75) is 33.2 Å². The van der Waals surface area contributed by atoms with Crippen molar-refractivity contribution in [1.82, 2.24) is 14.8 Å². The predicted octanol–water partition coefficient (Wildman–Crippen LogP) is 5.51. The topological polar surface area (TPSA) is 103 Å². The fourth-order valence-electron chi connectivity index (χ4n) is 3.32. The second-order valence-electron chi connectivity index (χ2n) is 7.28. The molecule has 2 amide bonds. The molecule has 0 saturated carbocycles. The molecule has 0 spiro atoms. The number of primary amides is 1. The molecule has 33 heavy (non-hydrogen) atoms. The molecule has 0 fully saturated rings. The molecule has 12 heteroatoms. The molecule has 4 heterocycles. The first-order valence-corrected chi connectivity index (χ1v) is 12.5. The van der Waals surface area contributed by atoms with E-state index < -0.39 is 18.0 Å². The minimum Gasteiger partial charge on any atom is -0.365 e. The number of hydrogen-bond donors (Lipinski definition) is 2. The highest BCUT2D eigenvalue weighted by Crippen LogP contribution is 2.44. The summed E-state index contributed by atoms with van der Waals surface area (Å²) < 4.78 is 29.7. The number of anilines is 1. The Hall–Kier alpha value is -2.45. The molecule has 7 nitrogen and oxygen atoms in total. The predicted molar refractivity (Wildman–Crippen MR) is 134 cm³/mol. The molecule has 0 aliphatic rings. The Morgan fingerprint density at radius 1 is 1.27 bits per heavy atom. The molecule has 4 aromatic heterocycles. The number of nitrogens with zero attached hydrogens (tertiary/aromatic N) is 3. The molecule has 0 unspecified atom stereocenters. The Bertz CT molecular complexity index is 1360. The fourth-order valence-corrected chi connectivity index (χ4v) is 5.66. The number of aromatic nitrogens is 3. The van der Waals surface area contributed by atoms with Crippen LogP contribution in [-0.4, -0.2) is 26.6 Å². The van der Waals surface area contributed by atoms with E-state index in [0.717, 1.165) is 30.4 Å². The maximum atomic E-state index is 13.5. The minimum atomic E-state index is -2.79. The van der Waals surface area contributed by atoms with Crippen molar-refractivity contribution in [3.63, 3.8) is 0 Å². The maximum absolute atomic E-state index is 13.5. The zero-order valence-corrected chi connectivity index (χ0v) is 21.3. The van der Waals surface area contributed by atoms with Crippen LogP contribution in [0.1, 0.15) is 38.8 Å². The van der Waals surface area contributed by atoms with E-state index in [4.69, 9.17) is 5.73 Å². The first-order valence-electron chi connectivity index (χ1n) is 9.75. The standard InChI is InChI=1S/C21H18F2IN5O2S2/c1-9-3-4-14(32-9)11-7-13(19(22)23)26-21-16(11)17(18(33-21)20(25)31)27-15(30)5-6-29-8-12(24)10(2)28-29/h3-4,7-8,19H,5-6H2,1-2H3,(H2,25,31)(H,27,30). The van der Waals surface area contributed by atoms with Gasteiger partial charge >= 0.3 is 0 Å². The number of pyridine rings is 1. The maximum Gasteiger partial charge on any atom is 0.280 e. The minimum absolute atomic E-state index is 0.0660. The van der Waals surface area contributed by atoms with Gasteiger partial charge in [0.25, 0.3) is 12.3 Å². The third kappa shape index (κ3) is 4.92. The third-order valence-corrected chi connectivity index (χ3v) is 8.05. The first kappa shape index (κ1) is 23.7. The van der Waals surface area contributed by atoms with E-state index in [-0.39, 0.29) is 27.7 Å². The van der Waals surface area contributed by atoms with Gasteiger partial charge in [0.1, 0.15) is 15.4 Å².